The van der Waals surface area contributed by atoms with Crippen LogP contribution in [0.15, 0.2) is 30.5 Å². The number of amides is 2. The highest BCUT2D eigenvalue weighted by molar-refractivity contribution is 5.96. The molecule has 202 valence electrons. The van der Waals surface area contributed by atoms with Gasteiger partial charge in [0.1, 0.15) is 11.9 Å². The highest BCUT2D eigenvalue weighted by atomic mass is 19.4. The third-order valence-electron chi connectivity index (χ3n) is 6.33. The smallest absolute Gasteiger partial charge is 0.417 e. The molecule has 3 rings (SSSR count). The van der Waals surface area contributed by atoms with Crippen molar-refractivity contribution in [2.24, 2.45) is 5.92 Å². The summed E-state index contributed by atoms with van der Waals surface area (Å²) < 4.78 is 80.8. The number of aromatic nitrogens is 1. The Bertz CT molecular complexity index is 1180. The van der Waals surface area contributed by atoms with Gasteiger partial charge in [0.05, 0.1) is 13.7 Å². The molecule has 0 aliphatic carbocycles. The van der Waals surface area contributed by atoms with E-state index in [0.29, 0.717) is 0 Å². The third kappa shape index (κ3) is 5.67. The molecule has 2 heterocycles. The van der Waals surface area contributed by atoms with Crippen molar-refractivity contribution in [3.8, 4) is 5.75 Å². The number of rotatable bonds is 7. The number of methoxy groups -OCH3 is 1. The lowest BCUT2D eigenvalue weighted by atomic mass is 9.77. The second kappa shape index (κ2) is 10.6. The molecule has 0 radical (unpaired) electrons. The number of likely N-dealkylation sites (N-methyl/N-ethyl adjacent to an activating group) is 1. The Morgan fingerprint density at radius 1 is 1.19 bits per heavy atom. The van der Waals surface area contributed by atoms with Crippen LogP contribution in [0.5, 0.6) is 5.75 Å². The Hall–Kier alpha value is -3.32. The number of nitrogens with zero attached hydrogens (tertiary/aromatic N) is 2. The van der Waals surface area contributed by atoms with Crippen LogP contribution in [0.4, 0.5) is 33.5 Å². The Labute approximate surface area is 210 Å². The van der Waals surface area contributed by atoms with E-state index in [-0.39, 0.29) is 29.5 Å². The Balaban J connectivity index is 1.96. The number of nitrogens with one attached hydrogen (secondary N) is 2. The lowest BCUT2D eigenvalue weighted by molar-refractivity contribution is -0.272. The minimum Gasteiger partial charge on any atom is -0.493 e. The summed E-state index contributed by atoms with van der Waals surface area (Å²) in [5, 5.41) is 5.01. The molecule has 0 saturated carbocycles. The van der Waals surface area contributed by atoms with Crippen LogP contribution < -0.4 is 15.4 Å². The number of hydrogen-bond acceptors (Lipinski definition) is 6. The number of alkyl halides is 3. The minimum absolute atomic E-state index is 0.0693. The van der Waals surface area contributed by atoms with E-state index in [0.717, 1.165) is 26.2 Å². The molecule has 1 aromatic carbocycles. The van der Waals surface area contributed by atoms with E-state index in [1.807, 2.05) is 0 Å². The molecule has 1 aliphatic rings. The van der Waals surface area contributed by atoms with Gasteiger partial charge in [-0.15, -0.1) is 0 Å². The maximum atomic E-state index is 14.5. The lowest BCUT2D eigenvalue weighted by Gasteiger charge is -2.32. The van der Waals surface area contributed by atoms with Crippen molar-refractivity contribution in [2.75, 3.05) is 38.4 Å². The fraction of sp³-hybridized carbons (Fsp3) is 0.458. The van der Waals surface area contributed by atoms with Crippen molar-refractivity contribution >= 4 is 23.3 Å². The number of pyridine rings is 1. The summed E-state index contributed by atoms with van der Waals surface area (Å²) >= 11 is 0. The van der Waals surface area contributed by atoms with E-state index in [9.17, 15) is 31.5 Å². The molecule has 1 aliphatic heterocycles. The highest BCUT2D eigenvalue weighted by Gasteiger charge is 2.65. The predicted molar refractivity (Wildman–Crippen MR) is 124 cm³/mol. The van der Waals surface area contributed by atoms with Crippen molar-refractivity contribution in [3.05, 3.63) is 47.7 Å². The number of carbonyl (C=O) groups is 2. The van der Waals surface area contributed by atoms with Gasteiger partial charge in [0.2, 0.25) is 11.7 Å². The summed E-state index contributed by atoms with van der Waals surface area (Å²) in [6.07, 6.45) is -5.35. The van der Waals surface area contributed by atoms with Gasteiger partial charge in [-0.05, 0) is 33.2 Å². The zero-order valence-corrected chi connectivity index (χ0v) is 20.7. The van der Waals surface area contributed by atoms with E-state index in [1.165, 1.54) is 25.3 Å². The van der Waals surface area contributed by atoms with E-state index in [1.54, 1.807) is 19.0 Å². The Morgan fingerprint density at radius 2 is 1.86 bits per heavy atom. The molecule has 13 heteroatoms. The molecule has 0 bridgehead atoms. The van der Waals surface area contributed by atoms with Crippen molar-refractivity contribution in [3.63, 3.8) is 0 Å². The standard InChI is InChI=1S/C24H27F5N4O4/c1-12-18(14-6-7-15(25)19(26)20(14)36-5)21(37-23(12,2)24(27,28)29)22(35)31-13-8-9-30-16(10-13)32-17(34)11-33(3)4/h6-10,12,18,21H,11H2,1-5H3,(H2,30,31,32,34,35)/t12-,18-,21+,23+/m0/s1. The SMILES string of the molecule is COc1c([C@H]2[C@H](C(=O)Nc3ccnc(NC(=O)CN(C)C)c3)O[C@@](C)(C(F)(F)F)[C@H]2C)ccc(F)c1F. The van der Waals surface area contributed by atoms with Crippen LogP contribution in [-0.2, 0) is 14.3 Å². The summed E-state index contributed by atoms with van der Waals surface area (Å²) in [6, 6.07) is 4.52. The number of benzene rings is 1. The molecule has 2 amide bonds. The molecule has 2 N–H and O–H groups in total. The van der Waals surface area contributed by atoms with Gasteiger partial charge in [-0.2, -0.15) is 17.6 Å². The second-order valence-corrected chi connectivity index (χ2v) is 9.15. The van der Waals surface area contributed by atoms with Gasteiger partial charge < -0.3 is 25.0 Å². The molecular formula is C24H27F5N4O4. The third-order valence-corrected chi connectivity index (χ3v) is 6.33. The van der Waals surface area contributed by atoms with Crippen LogP contribution in [0.3, 0.4) is 0 Å². The van der Waals surface area contributed by atoms with E-state index in [4.69, 9.17) is 9.47 Å². The van der Waals surface area contributed by atoms with Gasteiger partial charge in [-0.3, -0.25) is 9.59 Å². The van der Waals surface area contributed by atoms with Gasteiger partial charge in [0.15, 0.2) is 17.2 Å². The lowest BCUT2D eigenvalue weighted by Crippen LogP contribution is -2.47. The fourth-order valence-corrected chi connectivity index (χ4v) is 4.30. The summed E-state index contributed by atoms with van der Waals surface area (Å²) in [7, 11) is 4.43. The van der Waals surface area contributed by atoms with Gasteiger partial charge in [0, 0.05) is 35.3 Å². The maximum Gasteiger partial charge on any atom is 0.417 e. The Kier molecular flexibility index (Phi) is 8.08. The van der Waals surface area contributed by atoms with E-state index in [2.05, 4.69) is 15.6 Å². The van der Waals surface area contributed by atoms with Crippen molar-refractivity contribution in [1.29, 1.82) is 0 Å². The van der Waals surface area contributed by atoms with Crippen LogP contribution >= 0.6 is 0 Å². The zero-order chi connectivity index (χ0) is 27.7. The molecule has 1 aromatic heterocycles. The van der Waals surface area contributed by atoms with Gasteiger partial charge in [0.25, 0.3) is 5.91 Å². The molecule has 2 aromatic rings. The molecular weight excluding hydrogens is 503 g/mol. The number of halogens is 5. The average Bonchev–Trinajstić information content (AvgIpc) is 3.07. The molecule has 0 unspecified atom stereocenters. The zero-order valence-electron chi connectivity index (χ0n) is 20.7. The molecule has 1 fully saturated rings. The van der Waals surface area contributed by atoms with E-state index < -0.39 is 53.0 Å². The first kappa shape index (κ1) is 28.3. The number of anilines is 2. The number of carbonyl (C=O) groups excluding carboxylic acids is 2. The average molecular weight is 530 g/mol. The number of hydrogen-bond donors (Lipinski definition) is 2. The Morgan fingerprint density at radius 3 is 2.46 bits per heavy atom. The predicted octanol–water partition coefficient (Wildman–Crippen LogP) is 3.95. The van der Waals surface area contributed by atoms with Crippen LogP contribution in [0.1, 0.15) is 25.3 Å². The quantitative estimate of drug-likeness (QED) is 0.527. The molecule has 8 nitrogen and oxygen atoms in total. The summed E-state index contributed by atoms with van der Waals surface area (Å²) in [5.74, 6) is -7.23. The van der Waals surface area contributed by atoms with Crippen molar-refractivity contribution < 1.29 is 41.0 Å². The highest BCUT2D eigenvalue weighted by Crippen LogP contribution is 2.55. The fourth-order valence-electron chi connectivity index (χ4n) is 4.30. The van der Waals surface area contributed by atoms with Crippen LogP contribution in [0.2, 0.25) is 0 Å². The first-order valence-corrected chi connectivity index (χ1v) is 11.2. The van der Waals surface area contributed by atoms with Gasteiger partial charge >= 0.3 is 6.18 Å². The topological polar surface area (TPSA) is 92.8 Å². The normalized spacial score (nSPS) is 23.7. The van der Waals surface area contributed by atoms with Gasteiger partial charge in [-0.1, -0.05) is 13.0 Å². The number of ether oxygens (including phenoxy) is 2. The first-order valence-electron chi connectivity index (χ1n) is 11.2. The van der Waals surface area contributed by atoms with Crippen LogP contribution in [0.25, 0.3) is 0 Å². The monoisotopic (exact) mass is 530 g/mol. The molecule has 0 spiro atoms. The first-order chi connectivity index (χ1) is 17.2. The maximum absolute atomic E-state index is 14.5. The summed E-state index contributed by atoms with van der Waals surface area (Å²) in [4.78, 5) is 30.9. The molecule has 37 heavy (non-hydrogen) atoms. The molecule has 4 atom stereocenters. The van der Waals surface area contributed by atoms with Crippen LogP contribution in [-0.4, -0.2) is 67.3 Å². The second-order valence-electron chi connectivity index (χ2n) is 9.15. The summed E-state index contributed by atoms with van der Waals surface area (Å²) in [6.45, 7) is 2.09. The van der Waals surface area contributed by atoms with Crippen molar-refractivity contribution in [1.82, 2.24) is 9.88 Å². The van der Waals surface area contributed by atoms with Gasteiger partial charge in [-0.25, -0.2) is 9.37 Å². The minimum atomic E-state index is -4.88. The summed E-state index contributed by atoms with van der Waals surface area (Å²) in [5.41, 5.74) is -2.81. The largest absolute Gasteiger partial charge is 0.493 e. The molecule has 1 saturated heterocycles. The van der Waals surface area contributed by atoms with Crippen molar-refractivity contribution in [2.45, 2.75) is 37.6 Å². The van der Waals surface area contributed by atoms with Crippen LogP contribution in [0, 0.1) is 17.6 Å². The van der Waals surface area contributed by atoms with E-state index >= 15 is 0 Å².